The second-order valence-electron chi connectivity index (χ2n) is 6.01. The van der Waals surface area contributed by atoms with Crippen LogP contribution in [0.2, 0.25) is 0 Å². The van der Waals surface area contributed by atoms with Crippen LogP contribution < -0.4 is 5.56 Å². The van der Waals surface area contributed by atoms with E-state index in [0.717, 1.165) is 4.57 Å². The maximum Gasteiger partial charge on any atom is 0.340 e. The molecule has 0 aliphatic carbocycles. The van der Waals surface area contributed by atoms with Gasteiger partial charge in [-0.15, -0.1) is 10.2 Å². The maximum absolute atomic E-state index is 12.6. The Morgan fingerprint density at radius 2 is 2.00 bits per heavy atom. The summed E-state index contributed by atoms with van der Waals surface area (Å²) in [6, 6.07) is 8.11. The van der Waals surface area contributed by atoms with Crippen LogP contribution in [0, 0.1) is 18.3 Å². The Morgan fingerprint density at radius 1 is 1.27 bits per heavy atom. The van der Waals surface area contributed by atoms with Crippen LogP contribution in [0.4, 0.5) is 11.4 Å². The van der Waals surface area contributed by atoms with Gasteiger partial charge in [-0.3, -0.25) is 9.36 Å². The molecular formula is C20H22N4O6. The molecular weight excluding hydrogens is 392 g/mol. The second kappa shape index (κ2) is 10.8. The Morgan fingerprint density at radius 3 is 2.67 bits per heavy atom. The van der Waals surface area contributed by atoms with E-state index in [-0.39, 0.29) is 47.8 Å². The van der Waals surface area contributed by atoms with Gasteiger partial charge in [0.1, 0.15) is 23.9 Å². The van der Waals surface area contributed by atoms with E-state index in [0.29, 0.717) is 6.61 Å². The van der Waals surface area contributed by atoms with E-state index >= 15 is 0 Å². The molecule has 2 rings (SSSR count). The number of rotatable bonds is 9. The van der Waals surface area contributed by atoms with Gasteiger partial charge in [0.25, 0.3) is 5.56 Å². The van der Waals surface area contributed by atoms with Crippen molar-refractivity contribution in [3.05, 3.63) is 51.3 Å². The molecule has 0 saturated heterocycles. The minimum absolute atomic E-state index is 0.0760. The second-order valence-corrected chi connectivity index (χ2v) is 6.01. The zero-order chi connectivity index (χ0) is 22.1. The smallest absolute Gasteiger partial charge is 0.340 e. The number of nitrogens with zero attached hydrogens (tertiary/aromatic N) is 4. The number of ether oxygens (including phenoxy) is 2. The molecule has 0 atom stereocenters. The summed E-state index contributed by atoms with van der Waals surface area (Å²) in [6.07, 6.45) is 0. The SMILES string of the molecule is CCOCCOC(=O)c1ccccc1N=Nc1c(C)c(C#N)c(O)n(CCO)c1=O. The quantitative estimate of drug-likeness (QED) is 0.364. The molecule has 0 aliphatic rings. The summed E-state index contributed by atoms with van der Waals surface area (Å²) in [4.78, 5) is 24.9. The molecule has 30 heavy (non-hydrogen) atoms. The number of esters is 1. The van der Waals surface area contributed by atoms with Crippen LogP contribution >= 0.6 is 0 Å². The molecule has 0 bridgehead atoms. The van der Waals surface area contributed by atoms with E-state index in [9.17, 15) is 20.0 Å². The highest BCUT2D eigenvalue weighted by molar-refractivity contribution is 5.94. The molecule has 2 aromatic rings. The molecule has 10 nitrogen and oxygen atoms in total. The average molecular weight is 414 g/mol. The number of azo groups is 1. The molecule has 1 heterocycles. The first-order valence-electron chi connectivity index (χ1n) is 9.19. The van der Waals surface area contributed by atoms with Gasteiger partial charge in [-0.05, 0) is 26.0 Å². The van der Waals surface area contributed by atoms with E-state index in [1.54, 1.807) is 12.1 Å². The van der Waals surface area contributed by atoms with Gasteiger partial charge in [-0.25, -0.2) is 4.79 Å². The van der Waals surface area contributed by atoms with Crippen molar-refractivity contribution in [2.45, 2.75) is 20.4 Å². The first-order chi connectivity index (χ1) is 14.5. The molecule has 0 radical (unpaired) electrons. The summed E-state index contributed by atoms with van der Waals surface area (Å²) >= 11 is 0. The largest absolute Gasteiger partial charge is 0.493 e. The number of aliphatic hydroxyl groups is 1. The molecule has 0 saturated carbocycles. The third-order valence-corrected chi connectivity index (χ3v) is 4.14. The summed E-state index contributed by atoms with van der Waals surface area (Å²) in [7, 11) is 0. The van der Waals surface area contributed by atoms with E-state index in [1.807, 2.05) is 13.0 Å². The zero-order valence-electron chi connectivity index (χ0n) is 16.7. The van der Waals surface area contributed by atoms with Crippen LogP contribution in [-0.2, 0) is 16.0 Å². The summed E-state index contributed by atoms with van der Waals surface area (Å²) in [5.41, 5.74) is -0.616. The van der Waals surface area contributed by atoms with Crippen molar-refractivity contribution in [1.82, 2.24) is 4.57 Å². The number of carbonyl (C=O) groups excluding carboxylic acids is 1. The van der Waals surface area contributed by atoms with Gasteiger partial charge in [0.15, 0.2) is 5.69 Å². The van der Waals surface area contributed by atoms with Crippen molar-refractivity contribution in [2.75, 3.05) is 26.4 Å². The summed E-state index contributed by atoms with van der Waals surface area (Å²) in [6.45, 7) is 3.49. The van der Waals surface area contributed by atoms with Crippen molar-refractivity contribution in [1.29, 1.82) is 5.26 Å². The van der Waals surface area contributed by atoms with E-state index < -0.39 is 24.0 Å². The van der Waals surface area contributed by atoms with Crippen molar-refractivity contribution in [3.63, 3.8) is 0 Å². The number of pyridine rings is 1. The van der Waals surface area contributed by atoms with Crippen molar-refractivity contribution in [2.24, 2.45) is 10.2 Å². The molecule has 0 aliphatic heterocycles. The molecule has 0 spiro atoms. The third kappa shape index (κ3) is 5.08. The maximum atomic E-state index is 12.6. The van der Waals surface area contributed by atoms with Crippen LogP contribution in [0.15, 0.2) is 39.3 Å². The monoisotopic (exact) mass is 414 g/mol. The fourth-order valence-corrected chi connectivity index (χ4v) is 2.62. The number of nitriles is 1. The minimum atomic E-state index is -0.724. The highest BCUT2D eigenvalue weighted by Gasteiger charge is 2.19. The molecule has 0 fully saturated rings. The van der Waals surface area contributed by atoms with E-state index in [2.05, 4.69) is 10.2 Å². The lowest BCUT2D eigenvalue weighted by Crippen LogP contribution is -2.23. The normalized spacial score (nSPS) is 10.9. The van der Waals surface area contributed by atoms with E-state index in [4.69, 9.17) is 14.6 Å². The molecule has 2 N–H and O–H groups in total. The topological polar surface area (TPSA) is 146 Å². The lowest BCUT2D eigenvalue weighted by molar-refractivity contribution is 0.0336. The summed E-state index contributed by atoms with van der Waals surface area (Å²) in [5, 5.41) is 36.5. The number of aliphatic hydroxyl groups excluding tert-OH is 1. The van der Waals surface area contributed by atoms with Crippen LogP contribution in [0.1, 0.15) is 28.4 Å². The Balaban J connectivity index is 2.42. The van der Waals surface area contributed by atoms with Crippen molar-refractivity contribution < 1.29 is 24.5 Å². The number of carbonyl (C=O) groups is 1. The average Bonchev–Trinajstić information content (AvgIpc) is 2.74. The lowest BCUT2D eigenvalue weighted by atomic mass is 10.1. The summed E-state index contributed by atoms with van der Waals surface area (Å²) in [5.74, 6) is -1.17. The number of hydrogen-bond acceptors (Lipinski definition) is 9. The van der Waals surface area contributed by atoms with Crippen LogP contribution in [-0.4, -0.2) is 47.2 Å². The predicted molar refractivity (Wildman–Crippen MR) is 106 cm³/mol. The highest BCUT2D eigenvalue weighted by Crippen LogP contribution is 2.28. The number of benzene rings is 1. The standard InChI is InChI=1S/C20H22N4O6/c1-3-29-10-11-30-20(28)14-6-4-5-7-16(14)22-23-17-13(2)15(12-21)18(26)24(8-9-25)19(17)27/h4-7,25-26H,3,8-11H2,1-2H3. The van der Waals surface area contributed by atoms with Crippen molar-refractivity contribution in [3.8, 4) is 11.9 Å². The minimum Gasteiger partial charge on any atom is -0.493 e. The summed E-state index contributed by atoms with van der Waals surface area (Å²) < 4.78 is 11.1. The number of aromatic nitrogens is 1. The van der Waals surface area contributed by atoms with Crippen LogP contribution in [0.3, 0.4) is 0 Å². The van der Waals surface area contributed by atoms with Gasteiger partial charge in [-0.1, -0.05) is 12.1 Å². The Hall–Kier alpha value is -3.55. The molecule has 0 amide bonds. The first-order valence-corrected chi connectivity index (χ1v) is 9.19. The Bertz CT molecular complexity index is 1040. The number of aromatic hydroxyl groups is 1. The van der Waals surface area contributed by atoms with Gasteiger partial charge >= 0.3 is 5.97 Å². The van der Waals surface area contributed by atoms with Gasteiger partial charge < -0.3 is 19.7 Å². The number of hydrogen-bond donors (Lipinski definition) is 2. The van der Waals surface area contributed by atoms with Gasteiger partial charge in [0.2, 0.25) is 5.88 Å². The fraction of sp³-hybridized carbons (Fsp3) is 0.350. The molecule has 158 valence electrons. The molecule has 10 heteroatoms. The fourth-order valence-electron chi connectivity index (χ4n) is 2.62. The van der Waals surface area contributed by atoms with Crippen molar-refractivity contribution >= 4 is 17.3 Å². The molecule has 1 aromatic heterocycles. The lowest BCUT2D eigenvalue weighted by Gasteiger charge is -2.11. The van der Waals surface area contributed by atoms with Crippen LogP contribution in [0.5, 0.6) is 5.88 Å². The molecule has 1 aromatic carbocycles. The third-order valence-electron chi connectivity index (χ3n) is 4.14. The van der Waals surface area contributed by atoms with Gasteiger partial charge in [-0.2, -0.15) is 5.26 Å². The zero-order valence-corrected chi connectivity index (χ0v) is 16.7. The van der Waals surface area contributed by atoms with E-state index in [1.165, 1.54) is 19.1 Å². The predicted octanol–water partition coefficient (Wildman–Crippen LogP) is 2.34. The van der Waals surface area contributed by atoms with Gasteiger partial charge in [0.05, 0.1) is 25.3 Å². The molecule has 0 unspecified atom stereocenters. The first kappa shape index (κ1) is 22.7. The van der Waals surface area contributed by atoms with Gasteiger partial charge in [0, 0.05) is 12.2 Å². The Labute approximate surface area is 172 Å². The highest BCUT2D eigenvalue weighted by atomic mass is 16.6. The Kier molecular flexibility index (Phi) is 8.22. The van der Waals surface area contributed by atoms with Crippen LogP contribution in [0.25, 0.3) is 0 Å².